The maximum absolute atomic E-state index is 12.1. The molecule has 2 rings (SSSR count). The summed E-state index contributed by atoms with van der Waals surface area (Å²) in [6, 6.07) is 9.56. The normalized spacial score (nSPS) is 21.2. The zero-order chi connectivity index (χ0) is 13.1. The van der Waals surface area contributed by atoms with E-state index < -0.39 is 0 Å². The number of benzene rings is 1. The van der Waals surface area contributed by atoms with Gasteiger partial charge in [0.05, 0.1) is 17.6 Å². The molecule has 2 N–H and O–H groups in total. The summed E-state index contributed by atoms with van der Waals surface area (Å²) >= 11 is 0. The Bertz CT molecular complexity index is 492. The van der Waals surface area contributed by atoms with Crippen LogP contribution in [0.4, 0.5) is 0 Å². The molecule has 0 saturated heterocycles. The molecule has 0 heterocycles. The minimum absolute atomic E-state index is 0.0146. The lowest BCUT2D eigenvalue weighted by atomic mass is 10.1. The van der Waals surface area contributed by atoms with E-state index in [1.165, 1.54) is 0 Å². The summed E-state index contributed by atoms with van der Waals surface area (Å²) in [5, 5.41) is 9.03. The molecule has 1 aliphatic carbocycles. The van der Waals surface area contributed by atoms with Gasteiger partial charge in [-0.05, 0) is 25.0 Å². The quantitative estimate of drug-likeness (QED) is 0.865. The molecule has 0 aliphatic heterocycles. The highest BCUT2D eigenvalue weighted by Crippen LogP contribution is 2.30. The molecule has 1 saturated carbocycles. The minimum atomic E-state index is -0.0146. The van der Waals surface area contributed by atoms with Crippen molar-refractivity contribution in [2.24, 2.45) is 11.7 Å². The van der Waals surface area contributed by atoms with Crippen molar-refractivity contribution >= 4 is 5.91 Å². The van der Waals surface area contributed by atoms with E-state index in [1.807, 2.05) is 25.1 Å². The highest BCUT2D eigenvalue weighted by atomic mass is 16.2. The van der Waals surface area contributed by atoms with Crippen LogP contribution in [0.25, 0.3) is 0 Å². The Hall–Kier alpha value is -1.86. The number of hydrogen-bond donors (Lipinski definition) is 1. The molecule has 1 amide bonds. The molecular formula is C14H17N3O. The van der Waals surface area contributed by atoms with Crippen molar-refractivity contribution < 1.29 is 4.79 Å². The number of nitriles is 1. The van der Waals surface area contributed by atoms with Crippen LogP contribution in [0.1, 0.15) is 24.5 Å². The summed E-state index contributed by atoms with van der Waals surface area (Å²) in [4.78, 5) is 13.9. The van der Waals surface area contributed by atoms with Crippen LogP contribution in [0, 0.1) is 17.2 Å². The molecule has 2 unspecified atom stereocenters. The third-order valence-corrected chi connectivity index (χ3v) is 3.35. The lowest BCUT2D eigenvalue weighted by molar-refractivity contribution is -0.133. The predicted molar refractivity (Wildman–Crippen MR) is 68.3 cm³/mol. The van der Waals surface area contributed by atoms with E-state index in [2.05, 4.69) is 6.07 Å². The van der Waals surface area contributed by atoms with E-state index >= 15 is 0 Å². The zero-order valence-electron chi connectivity index (χ0n) is 10.5. The summed E-state index contributed by atoms with van der Waals surface area (Å²) < 4.78 is 0. The largest absolute Gasteiger partial charge is 0.338 e. The lowest BCUT2D eigenvalue weighted by Gasteiger charge is -2.21. The van der Waals surface area contributed by atoms with Crippen LogP contribution < -0.4 is 5.73 Å². The Morgan fingerprint density at radius 1 is 1.56 bits per heavy atom. The average molecular weight is 243 g/mol. The van der Waals surface area contributed by atoms with Crippen molar-refractivity contribution in [1.82, 2.24) is 4.90 Å². The molecule has 0 spiro atoms. The predicted octanol–water partition coefficient (Wildman–Crippen LogP) is 1.25. The molecule has 2 atom stereocenters. The van der Waals surface area contributed by atoms with Gasteiger partial charge in [-0.2, -0.15) is 5.26 Å². The second-order valence-electron chi connectivity index (χ2n) is 4.63. The van der Waals surface area contributed by atoms with Crippen molar-refractivity contribution in [1.29, 1.82) is 5.26 Å². The van der Waals surface area contributed by atoms with E-state index in [1.54, 1.807) is 11.0 Å². The number of rotatable bonds is 4. The molecule has 1 aromatic rings. The molecule has 0 radical (unpaired) electrons. The molecule has 4 nitrogen and oxygen atoms in total. The number of carbonyl (C=O) groups excluding carboxylic acids is 1. The molecule has 94 valence electrons. The first-order valence-corrected chi connectivity index (χ1v) is 6.19. The van der Waals surface area contributed by atoms with Crippen LogP contribution in [-0.2, 0) is 11.3 Å². The second-order valence-corrected chi connectivity index (χ2v) is 4.63. The summed E-state index contributed by atoms with van der Waals surface area (Å²) in [5.41, 5.74) is 7.23. The van der Waals surface area contributed by atoms with E-state index in [0.717, 1.165) is 12.0 Å². The number of hydrogen-bond acceptors (Lipinski definition) is 3. The molecule has 1 fully saturated rings. The highest BCUT2D eigenvalue weighted by molar-refractivity contribution is 5.82. The third kappa shape index (κ3) is 2.52. The van der Waals surface area contributed by atoms with Gasteiger partial charge in [0.15, 0.2) is 0 Å². The Kier molecular flexibility index (Phi) is 3.63. The van der Waals surface area contributed by atoms with E-state index in [0.29, 0.717) is 18.7 Å². The van der Waals surface area contributed by atoms with Gasteiger partial charge in [-0.1, -0.05) is 18.2 Å². The maximum atomic E-state index is 12.1. The van der Waals surface area contributed by atoms with E-state index in [4.69, 9.17) is 11.0 Å². The standard InChI is InChI=1S/C14H17N3O/c1-2-17(14(18)12-7-13(12)16)9-11-6-4-3-5-10(11)8-15/h3-6,12-13H,2,7,9,16H2,1H3. The number of amides is 1. The topological polar surface area (TPSA) is 70.1 Å². The highest BCUT2D eigenvalue weighted by Gasteiger charge is 2.41. The third-order valence-electron chi connectivity index (χ3n) is 3.35. The average Bonchev–Trinajstić information content (AvgIpc) is 3.12. The monoisotopic (exact) mass is 243 g/mol. The van der Waals surface area contributed by atoms with Gasteiger partial charge >= 0.3 is 0 Å². The summed E-state index contributed by atoms with van der Waals surface area (Å²) in [7, 11) is 0. The molecule has 18 heavy (non-hydrogen) atoms. The van der Waals surface area contributed by atoms with Crippen molar-refractivity contribution in [3.63, 3.8) is 0 Å². The van der Waals surface area contributed by atoms with Gasteiger partial charge in [0.2, 0.25) is 5.91 Å². The van der Waals surface area contributed by atoms with Crippen LogP contribution in [0.5, 0.6) is 0 Å². The fraction of sp³-hybridized carbons (Fsp3) is 0.429. The minimum Gasteiger partial charge on any atom is -0.338 e. The van der Waals surface area contributed by atoms with Gasteiger partial charge in [0, 0.05) is 19.1 Å². The summed E-state index contributed by atoms with van der Waals surface area (Å²) in [6.07, 6.45) is 0.787. The van der Waals surface area contributed by atoms with Gasteiger partial charge in [-0.25, -0.2) is 0 Å². The molecular weight excluding hydrogens is 226 g/mol. The van der Waals surface area contributed by atoms with Crippen LogP contribution in [-0.4, -0.2) is 23.4 Å². The second kappa shape index (κ2) is 5.19. The Labute approximate surface area is 107 Å². The Balaban J connectivity index is 2.11. The lowest BCUT2D eigenvalue weighted by Crippen LogP contribution is -2.33. The van der Waals surface area contributed by atoms with E-state index in [9.17, 15) is 4.79 Å². The van der Waals surface area contributed by atoms with Crippen LogP contribution in [0.2, 0.25) is 0 Å². The molecule has 0 aromatic heterocycles. The first-order valence-electron chi connectivity index (χ1n) is 6.19. The van der Waals surface area contributed by atoms with Gasteiger partial charge in [-0.3, -0.25) is 4.79 Å². The van der Waals surface area contributed by atoms with Crippen molar-refractivity contribution in [3.8, 4) is 6.07 Å². The SMILES string of the molecule is CCN(Cc1ccccc1C#N)C(=O)C1CC1N. The number of nitrogens with two attached hydrogens (primary N) is 1. The van der Waals surface area contributed by atoms with Crippen molar-refractivity contribution in [2.75, 3.05) is 6.54 Å². The van der Waals surface area contributed by atoms with Gasteiger partial charge in [0.25, 0.3) is 0 Å². The maximum Gasteiger partial charge on any atom is 0.227 e. The van der Waals surface area contributed by atoms with Crippen LogP contribution >= 0.6 is 0 Å². The fourth-order valence-corrected chi connectivity index (χ4v) is 2.05. The zero-order valence-corrected chi connectivity index (χ0v) is 10.5. The Morgan fingerprint density at radius 3 is 2.78 bits per heavy atom. The molecule has 4 heteroatoms. The van der Waals surface area contributed by atoms with Gasteiger partial charge < -0.3 is 10.6 Å². The van der Waals surface area contributed by atoms with Crippen molar-refractivity contribution in [3.05, 3.63) is 35.4 Å². The van der Waals surface area contributed by atoms with Crippen LogP contribution in [0.15, 0.2) is 24.3 Å². The smallest absolute Gasteiger partial charge is 0.227 e. The van der Waals surface area contributed by atoms with Gasteiger partial charge in [-0.15, -0.1) is 0 Å². The molecule has 1 aliphatic rings. The molecule has 1 aromatic carbocycles. The van der Waals surface area contributed by atoms with E-state index in [-0.39, 0.29) is 17.9 Å². The number of carbonyl (C=O) groups is 1. The Morgan fingerprint density at radius 2 is 2.22 bits per heavy atom. The molecule has 0 bridgehead atoms. The first kappa shape index (κ1) is 12.6. The van der Waals surface area contributed by atoms with Gasteiger partial charge in [0.1, 0.15) is 0 Å². The van der Waals surface area contributed by atoms with Crippen molar-refractivity contribution in [2.45, 2.75) is 25.9 Å². The van der Waals surface area contributed by atoms with Crippen LogP contribution in [0.3, 0.4) is 0 Å². The first-order chi connectivity index (χ1) is 8.67. The summed E-state index contributed by atoms with van der Waals surface area (Å²) in [6.45, 7) is 3.07. The number of nitrogens with zero attached hydrogens (tertiary/aromatic N) is 2. The fourth-order valence-electron chi connectivity index (χ4n) is 2.05. The summed E-state index contributed by atoms with van der Waals surface area (Å²) in [5.74, 6) is 0.0944.